The number of aliphatic carboxylic acids is 1. The number of benzene rings is 1. The molecule has 0 radical (unpaired) electrons. The predicted molar refractivity (Wildman–Crippen MR) is 142 cm³/mol. The van der Waals surface area contributed by atoms with E-state index in [4.69, 9.17) is 16.3 Å². The number of ether oxygens (including phenoxy) is 1. The van der Waals surface area contributed by atoms with Crippen LogP contribution in [-0.4, -0.2) is 47.7 Å². The average molecular weight is 511 g/mol. The van der Waals surface area contributed by atoms with Crippen molar-refractivity contribution in [2.45, 2.75) is 38.5 Å². The maximum absolute atomic E-state index is 11.3. The number of nitrogens with zero attached hydrogens (tertiary/aromatic N) is 2. The van der Waals surface area contributed by atoms with Crippen LogP contribution in [0.4, 0.5) is 0 Å². The number of fused-ring (bicyclic) bond motifs is 1. The van der Waals surface area contributed by atoms with Gasteiger partial charge in [-0.05, 0) is 91.8 Å². The third-order valence-corrected chi connectivity index (χ3v) is 8.14. The molecule has 1 saturated heterocycles. The number of carbonyl (C=O) groups is 1. The normalized spacial score (nSPS) is 18.2. The molecule has 35 heavy (non-hydrogen) atoms. The molecule has 1 fully saturated rings. The predicted octanol–water partition coefficient (Wildman–Crippen LogP) is 6.14. The Morgan fingerprint density at radius 1 is 1.29 bits per heavy atom. The van der Waals surface area contributed by atoms with Crippen molar-refractivity contribution >= 4 is 39.8 Å². The SMILES string of the molecule is COc1ccc2nccc(CCCC3CCN(CC#Cc4sccc4Cl)CC3CCC(=O)O)c2c1. The molecular weight excluding hydrogens is 480 g/mol. The van der Waals surface area contributed by atoms with E-state index >= 15 is 0 Å². The van der Waals surface area contributed by atoms with Gasteiger partial charge in [0.2, 0.25) is 0 Å². The van der Waals surface area contributed by atoms with Crippen molar-refractivity contribution in [1.29, 1.82) is 0 Å². The van der Waals surface area contributed by atoms with Crippen molar-refractivity contribution < 1.29 is 14.6 Å². The van der Waals surface area contributed by atoms with Gasteiger partial charge in [-0.15, -0.1) is 11.3 Å². The molecule has 0 saturated carbocycles. The van der Waals surface area contributed by atoms with Crippen LogP contribution >= 0.6 is 22.9 Å². The van der Waals surface area contributed by atoms with Crippen molar-refractivity contribution in [3.63, 3.8) is 0 Å². The molecule has 4 rings (SSSR count). The number of hydrogen-bond donors (Lipinski definition) is 1. The lowest BCUT2D eigenvalue weighted by Gasteiger charge is -2.38. The van der Waals surface area contributed by atoms with Gasteiger partial charge in [0.25, 0.3) is 0 Å². The van der Waals surface area contributed by atoms with Crippen molar-refractivity contribution in [2.24, 2.45) is 11.8 Å². The lowest BCUT2D eigenvalue weighted by Crippen LogP contribution is -2.41. The first-order valence-corrected chi connectivity index (χ1v) is 13.4. The zero-order valence-electron chi connectivity index (χ0n) is 20.0. The number of aryl methyl sites for hydroxylation is 1. The number of pyridine rings is 1. The third-order valence-electron chi connectivity index (χ3n) is 6.89. The quantitative estimate of drug-likeness (QED) is 0.350. The summed E-state index contributed by atoms with van der Waals surface area (Å²) in [6, 6.07) is 9.99. The van der Waals surface area contributed by atoms with Crippen molar-refractivity contribution in [3.8, 4) is 17.6 Å². The van der Waals surface area contributed by atoms with Crippen LogP contribution in [0.15, 0.2) is 41.9 Å². The number of hydrogen-bond acceptors (Lipinski definition) is 5. The average Bonchev–Trinajstić information content (AvgIpc) is 3.28. The molecule has 3 aromatic rings. The van der Waals surface area contributed by atoms with Crippen molar-refractivity contribution in [3.05, 3.63) is 57.4 Å². The monoisotopic (exact) mass is 510 g/mol. The van der Waals surface area contributed by atoms with E-state index in [0.717, 1.165) is 66.7 Å². The fourth-order valence-electron chi connectivity index (χ4n) is 5.01. The van der Waals surface area contributed by atoms with Gasteiger partial charge >= 0.3 is 5.97 Å². The van der Waals surface area contributed by atoms with E-state index < -0.39 is 5.97 Å². The summed E-state index contributed by atoms with van der Waals surface area (Å²) in [5, 5.41) is 13.1. The smallest absolute Gasteiger partial charge is 0.303 e. The number of likely N-dealkylation sites (tertiary alicyclic amines) is 1. The molecule has 1 aliphatic heterocycles. The van der Waals surface area contributed by atoms with Crippen LogP contribution in [0.25, 0.3) is 10.9 Å². The number of methoxy groups -OCH3 is 1. The highest BCUT2D eigenvalue weighted by Crippen LogP contribution is 2.32. The largest absolute Gasteiger partial charge is 0.497 e. The second-order valence-electron chi connectivity index (χ2n) is 9.12. The Bertz CT molecular complexity index is 1220. The van der Waals surface area contributed by atoms with Gasteiger partial charge in [-0.25, -0.2) is 0 Å². The summed E-state index contributed by atoms with van der Waals surface area (Å²) in [6.45, 7) is 2.59. The molecule has 1 N–H and O–H groups in total. The van der Waals surface area contributed by atoms with Gasteiger partial charge in [0.05, 0.1) is 29.1 Å². The first-order chi connectivity index (χ1) is 17.0. The Kier molecular flexibility index (Phi) is 9.03. The maximum Gasteiger partial charge on any atom is 0.303 e. The first-order valence-electron chi connectivity index (χ1n) is 12.1. The third kappa shape index (κ3) is 6.98. The van der Waals surface area contributed by atoms with Crippen LogP contribution in [0.3, 0.4) is 0 Å². The molecule has 0 bridgehead atoms. The van der Waals surface area contributed by atoms with Gasteiger partial charge < -0.3 is 9.84 Å². The van der Waals surface area contributed by atoms with E-state index in [-0.39, 0.29) is 6.42 Å². The minimum Gasteiger partial charge on any atom is -0.497 e. The van der Waals surface area contributed by atoms with E-state index in [9.17, 15) is 9.90 Å². The summed E-state index contributed by atoms with van der Waals surface area (Å²) in [4.78, 5) is 19.0. The molecule has 2 atom stereocenters. The Labute approximate surface area is 216 Å². The number of piperidine rings is 1. The number of rotatable bonds is 9. The second kappa shape index (κ2) is 12.4. The van der Waals surface area contributed by atoms with Crippen LogP contribution in [0.5, 0.6) is 5.75 Å². The Morgan fingerprint density at radius 2 is 2.17 bits per heavy atom. The molecule has 1 aromatic carbocycles. The van der Waals surface area contributed by atoms with Gasteiger partial charge in [0, 0.05) is 24.5 Å². The number of thiophene rings is 1. The molecule has 3 heterocycles. The number of carboxylic acids is 1. The van der Waals surface area contributed by atoms with Gasteiger partial charge in [0.15, 0.2) is 0 Å². The summed E-state index contributed by atoms with van der Waals surface area (Å²) in [6.07, 6.45) is 7.05. The maximum atomic E-state index is 11.3. The van der Waals surface area contributed by atoms with Crippen LogP contribution in [0.1, 0.15) is 42.5 Å². The highest BCUT2D eigenvalue weighted by molar-refractivity contribution is 7.11. The van der Waals surface area contributed by atoms with E-state index in [1.165, 1.54) is 5.56 Å². The van der Waals surface area contributed by atoms with Crippen LogP contribution in [0, 0.1) is 23.7 Å². The van der Waals surface area contributed by atoms with Gasteiger partial charge in [0.1, 0.15) is 5.75 Å². The Morgan fingerprint density at radius 3 is 2.94 bits per heavy atom. The van der Waals surface area contributed by atoms with Crippen LogP contribution in [0.2, 0.25) is 5.02 Å². The number of halogens is 1. The zero-order valence-corrected chi connectivity index (χ0v) is 21.6. The molecule has 2 aromatic heterocycles. The molecular formula is C28H31ClN2O3S. The Balaban J connectivity index is 1.36. The van der Waals surface area contributed by atoms with Crippen molar-refractivity contribution in [2.75, 3.05) is 26.7 Å². The summed E-state index contributed by atoms with van der Waals surface area (Å²) >= 11 is 7.70. The molecule has 184 valence electrons. The van der Waals surface area contributed by atoms with Gasteiger partial charge in [-0.1, -0.05) is 23.4 Å². The lowest BCUT2D eigenvalue weighted by atomic mass is 9.79. The summed E-state index contributed by atoms with van der Waals surface area (Å²) in [7, 11) is 1.68. The molecule has 0 spiro atoms. The molecule has 5 nitrogen and oxygen atoms in total. The van der Waals surface area contributed by atoms with Gasteiger partial charge in [-0.2, -0.15) is 0 Å². The fraction of sp³-hybridized carbons (Fsp3) is 0.429. The number of carboxylic acid groups (broad SMARTS) is 1. The molecule has 0 amide bonds. The van der Waals surface area contributed by atoms with Crippen LogP contribution in [-0.2, 0) is 11.2 Å². The molecule has 7 heteroatoms. The minimum absolute atomic E-state index is 0.222. The zero-order chi connectivity index (χ0) is 24.6. The van der Waals surface area contributed by atoms with E-state index in [1.807, 2.05) is 29.8 Å². The topological polar surface area (TPSA) is 62.7 Å². The second-order valence-corrected chi connectivity index (χ2v) is 10.4. The summed E-state index contributed by atoms with van der Waals surface area (Å²) in [5.41, 5.74) is 2.27. The standard InChI is InChI=1S/C28H31ClN2O3S/c1-34-23-8-9-26-24(18-23)21(11-14-30-26)5-2-4-20-12-16-31(19-22(20)7-10-28(32)33)15-3-6-27-25(29)13-17-35-27/h8-9,11,13-14,17-18,20,22H,2,4-5,7,10,12,15-16,19H2,1H3,(H,32,33). The minimum atomic E-state index is -0.717. The summed E-state index contributed by atoms with van der Waals surface area (Å²) in [5.74, 6) is 7.48. The lowest BCUT2D eigenvalue weighted by molar-refractivity contribution is -0.137. The van der Waals surface area contributed by atoms with E-state index in [1.54, 1.807) is 18.4 Å². The first kappa shape index (κ1) is 25.5. The molecule has 0 aliphatic carbocycles. The number of aromatic nitrogens is 1. The van der Waals surface area contributed by atoms with Crippen molar-refractivity contribution in [1.82, 2.24) is 9.88 Å². The highest BCUT2D eigenvalue weighted by Gasteiger charge is 2.29. The Hall–Kier alpha value is -2.59. The van der Waals surface area contributed by atoms with E-state index in [2.05, 4.69) is 33.9 Å². The fourth-order valence-corrected chi connectivity index (χ4v) is 5.98. The molecule has 1 aliphatic rings. The highest BCUT2D eigenvalue weighted by atomic mass is 35.5. The van der Waals surface area contributed by atoms with E-state index in [0.29, 0.717) is 23.4 Å². The van der Waals surface area contributed by atoms with Gasteiger partial charge in [-0.3, -0.25) is 14.7 Å². The van der Waals surface area contributed by atoms with Crippen LogP contribution < -0.4 is 4.74 Å². The molecule has 2 unspecified atom stereocenters. The summed E-state index contributed by atoms with van der Waals surface area (Å²) < 4.78 is 5.41.